The summed E-state index contributed by atoms with van der Waals surface area (Å²) in [6.45, 7) is 4.28. The van der Waals surface area contributed by atoms with Gasteiger partial charge in [0.1, 0.15) is 0 Å². The average Bonchev–Trinajstić information content (AvgIpc) is 2.76. The minimum absolute atomic E-state index is 0. The van der Waals surface area contributed by atoms with Crippen LogP contribution in [0.4, 0.5) is 0 Å². The lowest BCUT2D eigenvalue weighted by molar-refractivity contribution is -0.123. The Kier molecular flexibility index (Phi) is 5.06. The van der Waals surface area contributed by atoms with Crippen LogP contribution in [0.1, 0.15) is 45.4 Å². The minimum atomic E-state index is 0. The molecule has 0 aromatic rings. The Hall–Kier alpha value is -0.280. The van der Waals surface area contributed by atoms with Crippen molar-refractivity contribution in [2.75, 3.05) is 13.1 Å². The molecule has 1 aliphatic carbocycles. The summed E-state index contributed by atoms with van der Waals surface area (Å²) in [5, 5.41) is 6.52. The maximum atomic E-state index is 11.8. The van der Waals surface area contributed by atoms with Gasteiger partial charge in [0.15, 0.2) is 0 Å². The van der Waals surface area contributed by atoms with Crippen molar-refractivity contribution >= 4 is 18.3 Å². The van der Waals surface area contributed by atoms with Crippen LogP contribution in [0.15, 0.2) is 0 Å². The quantitative estimate of drug-likeness (QED) is 0.798. The fourth-order valence-electron chi connectivity index (χ4n) is 2.82. The third kappa shape index (κ3) is 3.63. The molecule has 0 aromatic carbocycles. The highest BCUT2D eigenvalue weighted by Gasteiger charge is 2.30. The molecule has 0 radical (unpaired) electrons. The van der Waals surface area contributed by atoms with Crippen LogP contribution in [-0.4, -0.2) is 24.5 Å². The molecule has 2 aliphatic rings. The molecule has 0 aromatic heterocycles. The van der Waals surface area contributed by atoms with E-state index in [1.165, 1.54) is 12.8 Å². The van der Waals surface area contributed by atoms with E-state index in [-0.39, 0.29) is 23.9 Å². The van der Waals surface area contributed by atoms with E-state index in [4.69, 9.17) is 0 Å². The van der Waals surface area contributed by atoms with Crippen molar-refractivity contribution in [1.29, 1.82) is 0 Å². The predicted octanol–water partition coefficient (Wildman–Crippen LogP) is 1.86. The van der Waals surface area contributed by atoms with E-state index in [2.05, 4.69) is 17.6 Å². The van der Waals surface area contributed by atoms with Crippen LogP contribution in [0.25, 0.3) is 0 Å². The van der Waals surface area contributed by atoms with Crippen LogP contribution in [0.3, 0.4) is 0 Å². The smallest absolute Gasteiger partial charge is 0.220 e. The van der Waals surface area contributed by atoms with E-state index in [1.807, 2.05) is 0 Å². The third-order valence-corrected chi connectivity index (χ3v) is 3.78. The van der Waals surface area contributed by atoms with Crippen molar-refractivity contribution in [3.05, 3.63) is 0 Å². The molecule has 1 atom stereocenters. The van der Waals surface area contributed by atoms with Gasteiger partial charge in [0, 0.05) is 12.0 Å². The van der Waals surface area contributed by atoms with Gasteiger partial charge < -0.3 is 10.6 Å². The SMILES string of the molecule is CC1(NC(=O)CC2CCNC2)CCCC1.Cl. The summed E-state index contributed by atoms with van der Waals surface area (Å²) in [4.78, 5) is 11.8. The van der Waals surface area contributed by atoms with Gasteiger partial charge in [-0.25, -0.2) is 0 Å². The number of hydrogen-bond acceptors (Lipinski definition) is 2. The Morgan fingerprint density at radius 2 is 2.12 bits per heavy atom. The number of carbonyl (C=O) groups excluding carboxylic acids is 1. The second kappa shape index (κ2) is 5.87. The van der Waals surface area contributed by atoms with Crippen LogP contribution < -0.4 is 10.6 Å². The summed E-state index contributed by atoms with van der Waals surface area (Å²) in [5.41, 5.74) is 0.100. The maximum Gasteiger partial charge on any atom is 0.220 e. The van der Waals surface area contributed by atoms with Gasteiger partial charge >= 0.3 is 0 Å². The zero-order valence-electron chi connectivity index (χ0n) is 10.1. The Labute approximate surface area is 104 Å². The molecule has 1 amide bonds. The zero-order chi connectivity index (χ0) is 10.7. The fourth-order valence-corrected chi connectivity index (χ4v) is 2.82. The monoisotopic (exact) mass is 246 g/mol. The molecule has 1 heterocycles. The number of amides is 1. The molecule has 2 fully saturated rings. The first-order valence-electron chi connectivity index (χ1n) is 6.20. The molecule has 1 unspecified atom stereocenters. The van der Waals surface area contributed by atoms with Gasteiger partial charge in [-0.2, -0.15) is 0 Å². The first kappa shape index (κ1) is 13.8. The summed E-state index contributed by atoms with van der Waals surface area (Å²) >= 11 is 0. The van der Waals surface area contributed by atoms with Crippen molar-refractivity contribution in [3.63, 3.8) is 0 Å². The molecular formula is C12H23ClN2O. The second-order valence-electron chi connectivity index (χ2n) is 5.38. The minimum Gasteiger partial charge on any atom is -0.351 e. The lowest BCUT2D eigenvalue weighted by Gasteiger charge is -2.26. The molecule has 1 saturated carbocycles. The van der Waals surface area contributed by atoms with E-state index < -0.39 is 0 Å². The summed E-state index contributed by atoms with van der Waals surface area (Å²) < 4.78 is 0. The highest BCUT2D eigenvalue weighted by atomic mass is 35.5. The normalized spacial score (nSPS) is 27.4. The summed E-state index contributed by atoms with van der Waals surface area (Å²) in [7, 11) is 0. The number of rotatable bonds is 3. The third-order valence-electron chi connectivity index (χ3n) is 3.78. The van der Waals surface area contributed by atoms with Crippen LogP contribution in [0.5, 0.6) is 0 Å². The Morgan fingerprint density at radius 3 is 2.69 bits per heavy atom. The molecule has 0 bridgehead atoms. The van der Waals surface area contributed by atoms with Crippen LogP contribution >= 0.6 is 12.4 Å². The second-order valence-corrected chi connectivity index (χ2v) is 5.38. The Balaban J connectivity index is 0.00000128. The predicted molar refractivity (Wildman–Crippen MR) is 67.9 cm³/mol. The largest absolute Gasteiger partial charge is 0.351 e. The first-order chi connectivity index (χ1) is 7.18. The first-order valence-corrected chi connectivity index (χ1v) is 6.20. The molecule has 1 aliphatic heterocycles. The van der Waals surface area contributed by atoms with Gasteiger partial charge in [0.25, 0.3) is 0 Å². The average molecular weight is 247 g/mol. The molecule has 2 N–H and O–H groups in total. The summed E-state index contributed by atoms with van der Waals surface area (Å²) in [5.74, 6) is 0.822. The topological polar surface area (TPSA) is 41.1 Å². The Bertz CT molecular complexity index is 233. The van der Waals surface area contributed by atoms with Crippen LogP contribution in [-0.2, 0) is 4.79 Å². The molecule has 16 heavy (non-hydrogen) atoms. The van der Waals surface area contributed by atoms with Crippen LogP contribution in [0, 0.1) is 5.92 Å². The van der Waals surface area contributed by atoms with E-state index >= 15 is 0 Å². The molecule has 3 nitrogen and oxygen atoms in total. The van der Waals surface area contributed by atoms with Gasteiger partial charge in [-0.15, -0.1) is 12.4 Å². The van der Waals surface area contributed by atoms with Gasteiger partial charge in [0.05, 0.1) is 0 Å². The fraction of sp³-hybridized carbons (Fsp3) is 0.917. The number of nitrogens with one attached hydrogen (secondary N) is 2. The van der Waals surface area contributed by atoms with Crippen molar-refractivity contribution in [1.82, 2.24) is 10.6 Å². The molecule has 1 saturated heterocycles. The number of carbonyl (C=O) groups is 1. The van der Waals surface area contributed by atoms with Gasteiger partial charge in [0.2, 0.25) is 5.91 Å². The van der Waals surface area contributed by atoms with Crippen molar-refractivity contribution in [3.8, 4) is 0 Å². The summed E-state index contributed by atoms with van der Waals surface area (Å²) in [6, 6.07) is 0. The lowest BCUT2D eigenvalue weighted by Crippen LogP contribution is -2.44. The maximum absolute atomic E-state index is 11.8. The lowest BCUT2D eigenvalue weighted by atomic mass is 9.98. The Morgan fingerprint density at radius 1 is 1.44 bits per heavy atom. The van der Waals surface area contributed by atoms with Gasteiger partial charge in [-0.05, 0) is 45.2 Å². The van der Waals surface area contributed by atoms with Crippen LogP contribution in [0.2, 0.25) is 0 Å². The molecule has 0 spiro atoms. The van der Waals surface area contributed by atoms with E-state index in [9.17, 15) is 4.79 Å². The highest BCUT2D eigenvalue weighted by molar-refractivity contribution is 5.85. The van der Waals surface area contributed by atoms with Crippen molar-refractivity contribution in [2.24, 2.45) is 5.92 Å². The van der Waals surface area contributed by atoms with E-state index in [1.54, 1.807) is 0 Å². The van der Waals surface area contributed by atoms with E-state index in [0.717, 1.165) is 32.4 Å². The standard InChI is InChI=1S/C12H22N2O.ClH/c1-12(5-2-3-6-12)14-11(15)8-10-4-7-13-9-10;/h10,13H,2-9H2,1H3,(H,14,15);1H. The highest BCUT2D eigenvalue weighted by Crippen LogP contribution is 2.29. The van der Waals surface area contributed by atoms with Gasteiger partial charge in [-0.3, -0.25) is 4.79 Å². The number of hydrogen-bond donors (Lipinski definition) is 2. The zero-order valence-corrected chi connectivity index (χ0v) is 10.9. The molecular weight excluding hydrogens is 224 g/mol. The number of halogens is 1. The summed E-state index contributed by atoms with van der Waals surface area (Å²) in [6.07, 6.45) is 6.71. The van der Waals surface area contributed by atoms with Crippen molar-refractivity contribution < 1.29 is 4.79 Å². The molecule has 4 heteroatoms. The van der Waals surface area contributed by atoms with E-state index in [0.29, 0.717) is 12.3 Å². The van der Waals surface area contributed by atoms with Gasteiger partial charge in [-0.1, -0.05) is 12.8 Å². The molecule has 94 valence electrons. The van der Waals surface area contributed by atoms with Crippen molar-refractivity contribution in [2.45, 2.75) is 51.0 Å². The molecule has 2 rings (SSSR count).